The molecule has 0 N–H and O–H groups in total. The third-order valence-corrected chi connectivity index (χ3v) is 4.73. The molecule has 1 aliphatic heterocycles. The summed E-state index contributed by atoms with van der Waals surface area (Å²) in [4.78, 5) is 27.7. The minimum Gasteiger partial charge on any atom is -0.341 e. The van der Waals surface area contributed by atoms with Crippen molar-refractivity contribution in [3.63, 3.8) is 0 Å². The van der Waals surface area contributed by atoms with E-state index in [9.17, 15) is 9.59 Å². The zero-order valence-corrected chi connectivity index (χ0v) is 12.9. The molecule has 4 nitrogen and oxygen atoms in total. The number of ketones is 1. The molecule has 4 heteroatoms. The first-order valence-corrected chi connectivity index (χ1v) is 8.28. The summed E-state index contributed by atoms with van der Waals surface area (Å²) in [6, 6.07) is 0.783. The second kappa shape index (κ2) is 7.21. The first-order chi connectivity index (χ1) is 9.74. The van der Waals surface area contributed by atoms with Gasteiger partial charge in [0.15, 0.2) is 0 Å². The lowest BCUT2D eigenvalue weighted by atomic mass is 9.83. The molecule has 2 saturated carbocycles. The van der Waals surface area contributed by atoms with Crippen LogP contribution in [0.25, 0.3) is 0 Å². The number of hydrogen-bond donors (Lipinski definition) is 0. The second-order valence-corrected chi connectivity index (χ2v) is 5.94. The molecule has 0 unspecified atom stereocenters. The number of rotatable bonds is 2. The molecule has 0 spiro atoms. The summed E-state index contributed by atoms with van der Waals surface area (Å²) >= 11 is 0. The lowest BCUT2D eigenvalue weighted by Crippen LogP contribution is -2.45. The number of amides is 1. The fourth-order valence-corrected chi connectivity index (χ4v) is 3.20. The van der Waals surface area contributed by atoms with Crippen LogP contribution in [0.3, 0.4) is 0 Å². The van der Waals surface area contributed by atoms with Crippen LogP contribution < -0.4 is 0 Å². The summed E-state index contributed by atoms with van der Waals surface area (Å²) in [7, 11) is 0. The van der Waals surface area contributed by atoms with Crippen LogP contribution in [0.5, 0.6) is 0 Å². The Morgan fingerprint density at radius 3 is 2.25 bits per heavy atom. The molecule has 0 aromatic rings. The Balaban J connectivity index is 0.000000704. The maximum atomic E-state index is 12.2. The molecule has 114 valence electrons. The van der Waals surface area contributed by atoms with Gasteiger partial charge in [-0.15, -0.1) is 0 Å². The van der Waals surface area contributed by atoms with Crippen molar-refractivity contribution in [2.24, 2.45) is 5.92 Å². The predicted molar refractivity (Wildman–Crippen MR) is 79.5 cm³/mol. The van der Waals surface area contributed by atoms with E-state index < -0.39 is 0 Å². The zero-order valence-electron chi connectivity index (χ0n) is 12.9. The monoisotopic (exact) mass is 280 g/mol. The Hall–Kier alpha value is -0.900. The van der Waals surface area contributed by atoms with Gasteiger partial charge in [-0.25, -0.2) is 0 Å². The molecule has 0 aromatic heterocycles. The van der Waals surface area contributed by atoms with Crippen molar-refractivity contribution in [3.05, 3.63) is 0 Å². The van der Waals surface area contributed by atoms with E-state index in [1.54, 1.807) is 0 Å². The molecule has 20 heavy (non-hydrogen) atoms. The first kappa shape index (κ1) is 15.5. The minimum absolute atomic E-state index is 0.00718. The van der Waals surface area contributed by atoms with Gasteiger partial charge in [-0.05, 0) is 19.3 Å². The van der Waals surface area contributed by atoms with E-state index in [2.05, 4.69) is 4.90 Å². The van der Waals surface area contributed by atoms with E-state index in [1.165, 1.54) is 19.3 Å². The number of hydrogen-bond acceptors (Lipinski definition) is 3. The van der Waals surface area contributed by atoms with Crippen molar-refractivity contribution in [1.29, 1.82) is 0 Å². The third-order valence-electron chi connectivity index (χ3n) is 4.73. The molecule has 0 radical (unpaired) electrons. The standard InChI is InChI=1S/C14H22N2O2.C2H6/c17-13-9-11(10-13)14(18)16-6-2-5-15(7-8-16)12-3-1-4-12;1-2/h11-12H,1-10H2;1-2H3. The predicted octanol–water partition coefficient (Wildman–Crippen LogP) is 2.08. The van der Waals surface area contributed by atoms with Crippen molar-refractivity contribution in [3.8, 4) is 0 Å². The van der Waals surface area contributed by atoms with Crippen molar-refractivity contribution >= 4 is 11.7 Å². The lowest BCUT2D eigenvalue weighted by molar-refractivity contribution is -0.144. The molecule has 2 aliphatic carbocycles. The van der Waals surface area contributed by atoms with Gasteiger partial charge in [0, 0.05) is 45.1 Å². The zero-order chi connectivity index (χ0) is 14.5. The summed E-state index contributed by atoms with van der Waals surface area (Å²) in [6.07, 6.45) is 6.11. The molecule has 3 rings (SSSR count). The van der Waals surface area contributed by atoms with Crippen LogP contribution in [0.4, 0.5) is 0 Å². The summed E-state index contributed by atoms with van der Waals surface area (Å²) in [5.41, 5.74) is 0. The average Bonchev–Trinajstić information content (AvgIpc) is 2.61. The van der Waals surface area contributed by atoms with Gasteiger partial charge in [-0.1, -0.05) is 20.3 Å². The fraction of sp³-hybridized carbons (Fsp3) is 0.875. The van der Waals surface area contributed by atoms with Crippen LogP contribution in [0.15, 0.2) is 0 Å². The summed E-state index contributed by atoms with van der Waals surface area (Å²) < 4.78 is 0. The highest BCUT2D eigenvalue weighted by atomic mass is 16.2. The van der Waals surface area contributed by atoms with Crippen molar-refractivity contribution in [2.75, 3.05) is 26.2 Å². The van der Waals surface area contributed by atoms with Crippen LogP contribution in [0.2, 0.25) is 0 Å². The van der Waals surface area contributed by atoms with Crippen LogP contribution in [0.1, 0.15) is 52.4 Å². The lowest BCUT2D eigenvalue weighted by Gasteiger charge is -2.37. The highest BCUT2D eigenvalue weighted by Crippen LogP contribution is 2.28. The van der Waals surface area contributed by atoms with Gasteiger partial charge in [-0.2, -0.15) is 0 Å². The van der Waals surface area contributed by atoms with E-state index in [4.69, 9.17) is 0 Å². The highest BCUT2D eigenvalue weighted by molar-refractivity contribution is 5.96. The topological polar surface area (TPSA) is 40.6 Å². The normalized spacial score (nSPS) is 25.1. The minimum atomic E-state index is 0.00718. The quantitative estimate of drug-likeness (QED) is 0.777. The van der Waals surface area contributed by atoms with Crippen LogP contribution in [-0.4, -0.2) is 53.7 Å². The van der Waals surface area contributed by atoms with E-state index in [0.717, 1.165) is 38.6 Å². The smallest absolute Gasteiger partial charge is 0.226 e. The molecule has 0 bridgehead atoms. The Morgan fingerprint density at radius 2 is 1.70 bits per heavy atom. The van der Waals surface area contributed by atoms with Gasteiger partial charge in [0.1, 0.15) is 5.78 Å². The van der Waals surface area contributed by atoms with E-state index in [1.807, 2.05) is 18.7 Å². The van der Waals surface area contributed by atoms with Gasteiger partial charge in [0.05, 0.1) is 5.92 Å². The number of carbonyl (C=O) groups excluding carboxylic acids is 2. The molecule has 0 atom stereocenters. The van der Waals surface area contributed by atoms with Crippen LogP contribution >= 0.6 is 0 Å². The summed E-state index contributed by atoms with van der Waals surface area (Å²) in [6.45, 7) is 7.90. The van der Waals surface area contributed by atoms with E-state index in [-0.39, 0.29) is 17.6 Å². The van der Waals surface area contributed by atoms with Gasteiger partial charge < -0.3 is 4.90 Å². The van der Waals surface area contributed by atoms with Crippen molar-refractivity contribution < 1.29 is 9.59 Å². The highest BCUT2D eigenvalue weighted by Gasteiger charge is 2.36. The molecule has 3 fully saturated rings. The van der Waals surface area contributed by atoms with Gasteiger partial charge in [0.25, 0.3) is 0 Å². The number of carbonyl (C=O) groups is 2. The second-order valence-electron chi connectivity index (χ2n) is 5.94. The molecule has 0 aromatic carbocycles. The maximum Gasteiger partial charge on any atom is 0.226 e. The molecule has 1 heterocycles. The number of Topliss-reactive ketones (excluding diaryl/α,β-unsaturated/α-hetero) is 1. The Kier molecular flexibility index (Phi) is 5.58. The van der Waals surface area contributed by atoms with Crippen molar-refractivity contribution in [1.82, 2.24) is 9.80 Å². The largest absolute Gasteiger partial charge is 0.341 e. The Morgan fingerprint density at radius 1 is 1.00 bits per heavy atom. The van der Waals surface area contributed by atoms with Gasteiger partial charge in [0.2, 0.25) is 5.91 Å². The first-order valence-electron chi connectivity index (χ1n) is 8.28. The Labute approximate surface area is 122 Å². The molecular formula is C16H28N2O2. The van der Waals surface area contributed by atoms with Gasteiger partial charge in [-0.3, -0.25) is 14.5 Å². The third kappa shape index (κ3) is 3.40. The molecule has 1 amide bonds. The van der Waals surface area contributed by atoms with E-state index in [0.29, 0.717) is 12.8 Å². The molecule has 3 aliphatic rings. The van der Waals surface area contributed by atoms with Crippen LogP contribution in [-0.2, 0) is 9.59 Å². The average molecular weight is 280 g/mol. The summed E-state index contributed by atoms with van der Waals surface area (Å²) in [5.74, 6) is 0.483. The number of nitrogens with zero attached hydrogens (tertiary/aromatic N) is 2. The summed E-state index contributed by atoms with van der Waals surface area (Å²) in [5, 5.41) is 0. The van der Waals surface area contributed by atoms with E-state index >= 15 is 0 Å². The SMILES string of the molecule is CC.O=C1CC(C(=O)N2CCCN(C3CCC3)CC2)C1. The molecule has 1 saturated heterocycles. The molecular weight excluding hydrogens is 252 g/mol. The van der Waals surface area contributed by atoms with Crippen molar-refractivity contribution in [2.45, 2.75) is 58.4 Å². The maximum absolute atomic E-state index is 12.2. The van der Waals surface area contributed by atoms with Gasteiger partial charge >= 0.3 is 0 Å². The van der Waals surface area contributed by atoms with Crippen LogP contribution in [0, 0.1) is 5.92 Å². The fourth-order valence-electron chi connectivity index (χ4n) is 3.20. The Bertz CT molecular complexity index is 344.